The average Bonchev–Trinajstić information content (AvgIpc) is 2.66. The van der Waals surface area contributed by atoms with Gasteiger partial charge < -0.3 is 4.57 Å². The molecule has 136 valence electrons. The molecule has 0 bridgehead atoms. The first-order valence-corrected chi connectivity index (χ1v) is 11.2. The van der Waals surface area contributed by atoms with Crippen molar-refractivity contribution in [2.75, 3.05) is 12.3 Å². The maximum atomic E-state index is 13.6. The van der Waals surface area contributed by atoms with Crippen molar-refractivity contribution in [2.45, 2.75) is 24.9 Å². The van der Waals surface area contributed by atoms with Crippen molar-refractivity contribution in [3.63, 3.8) is 0 Å². The topological polar surface area (TPSA) is 34.1 Å². The second kappa shape index (κ2) is 10.1. The third kappa shape index (κ3) is 5.68. The minimum Gasteiger partial charge on any atom is -0.323 e. The molecule has 0 unspecified atom stereocenters. The quantitative estimate of drug-likeness (QED) is 0.278. The zero-order valence-electron chi connectivity index (χ0n) is 15.2. The second-order valence-electron chi connectivity index (χ2n) is 6.57. The van der Waals surface area contributed by atoms with E-state index >= 15 is 0 Å². The Balaban J connectivity index is 2.21. The Morgan fingerprint density at radius 3 is 2.00 bits per heavy atom. The fourth-order valence-electron chi connectivity index (χ4n) is 3.25. The van der Waals surface area contributed by atoms with Crippen LogP contribution in [-0.4, -0.2) is 23.8 Å². The highest BCUT2D eigenvalue weighted by Gasteiger charge is 2.32. The van der Waals surface area contributed by atoms with E-state index in [0.29, 0.717) is 24.3 Å². The molecule has 0 fully saturated rings. The lowest BCUT2D eigenvalue weighted by atomic mass is 10.0. The molecule has 0 saturated carbocycles. The van der Waals surface area contributed by atoms with Crippen LogP contribution in [0.2, 0.25) is 0 Å². The van der Waals surface area contributed by atoms with Crippen LogP contribution >= 0.6 is 7.14 Å². The van der Waals surface area contributed by atoms with Crippen molar-refractivity contribution >= 4 is 12.9 Å². The van der Waals surface area contributed by atoms with Gasteiger partial charge in [0, 0.05) is 30.0 Å². The Morgan fingerprint density at radius 1 is 0.923 bits per heavy atom. The SMILES string of the molecule is C=CCP(=O)(CC=C)[C@H](CCc1ccccc1)CC(=O)c1ccccc1. The van der Waals surface area contributed by atoms with E-state index < -0.39 is 7.14 Å². The van der Waals surface area contributed by atoms with E-state index in [2.05, 4.69) is 25.3 Å². The van der Waals surface area contributed by atoms with Gasteiger partial charge in [0.25, 0.3) is 0 Å². The maximum absolute atomic E-state index is 13.6. The molecule has 0 N–H and O–H groups in total. The van der Waals surface area contributed by atoms with Crippen LogP contribution in [-0.2, 0) is 11.0 Å². The van der Waals surface area contributed by atoms with Crippen molar-refractivity contribution in [1.29, 1.82) is 0 Å². The summed E-state index contributed by atoms with van der Waals surface area (Å²) in [5.74, 6) is 0.0528. The molecular weight excluding hydrogens is 339 g/mol. The van der Waals surface area contributed by atoms with E-state index in [1.165, 1.54) is 5.56 Å². The first kappa shape index (κ1) is 20.1. The van der Waals surface area contributed by atoms with Crippen LogP contribution in [0.5, 0.6) is 0 Å². The number of ketones is 1. The predicted octanol–water partition coefficient (Wildman–Crippen LogP) is 6.00. The minimum atomic E-state index is -2.60. The fraction of sp³-hybridized carbons (Fsp3) is 0.261. The molecule has 0 aliphatic carbocycles. The number of hydrogen-bond acceptors (Lipinski definition) is 2. The van der Waals surface area contributed by atoms with Gasteiger partial charge in [0.15, 0.2) is 5.78 Å². The van der Waals surface area contributed by atoms with E-state index in [4.69, 9.17) is 0 Å². The normalized spacial score (nSPS) is 12.3. The van der Waals surface area contributed by atoms with E-state index in [-0.39, 0.29) is 11.4 Å². The number of carbonyl (C=O) groups excluding carboxylic acids is 1. The molecule has 0 spiro atoms. The van der Waals surface area contributed by atoms with Gasteiger partial charge in [0.2, 0.25) is 0 Å². The van der Waals surface area contributed by atoms with Gasteiger partial charge >= 0.3 is 0 Å². The Bertz CT molecular complexity index is 751. The molecule has 0 amide bonds. The van der Waals surface area contributed by atoms with E-state index in [1.54, 1.807) is 12.2 Å². The summed E-state index contributed by atoms with van der Waals surface area (Å²) in [5, 5.41) is 0. The largest absolute Gasteiger partial charge is 0.323 e. The van der Waals surface area contributed by atoms with Crippen molar-refractivity contribution in [3.05, 3.63) is 97.1 Å². The molecule has 0 aliphatic heterocycles. The minimum absolute atomic E-state index is 0.0528. The van der Waals surface area contributed by atoms with Crippen LogP contribution < -0.4 is 0 Å². The molecule has 2 rings (SSSR count). The number of benzene rings is 2. The predicted molar refractivity (Wildman–Crippen MR) is 112 cm³/mol. The molecule has 0 saturated heterocycles. The number of hydrogen-bond donors (Lipinski definition) is 0. The van der Waals surface area contributed by atoms with Crippen LogP contribution in [0.4, 0.5) is 0 Å². The molecular formula is C23H27O2P. The Hall–Kier alpha value is -2.18. The van der Waals surface area contributed by atoms with Crippen molar-refractivity contribution < 1.29 is 9.36 Å². The van der Waals surface area contributed by atoms with Crippen LogP contribution in [0.3, 0.4) is 0 Å². The summed E-state index contributed by atoms with van der Waals surface area (Å²) in [5.41, 5.74) is 1.72. The zero-order valence-corrected chi connectivity index (χ0v) is 16.1. The number of rotatable bonds is 11. The standard InChI is InChI=1S/C23H27O2P/c1-3-17-26(25,18-4-2)22(16-15-20-11-7-5-8-12-20)19-23(24)21-13-9-6-10-14-21/h3-14,22H,1-2,15-19H2/t22-/m1/s1. The maximum Gasteiger partial charge on any atom is 0.163 e. The number of allylic oxidation sites excluding steroid dienone is 2. The van der Waals surface area contributed by atoms with Crippen molar-refractivity contribution in [1.82, 2.24) is 0 Å². The summed E-state index contributed by atoms with van der Waals surface area (Å²) in [7, 11) is -2.60. The average molecular weight is 366 g/mol. The molecule has 26 heavy (non-hydrogen) atoms. The smallest absolute Gasteiger partial charge is 0.163 e. The van der Waals surface area contributed by atoms with E-state index in [0.717, 1.165) is 12.8 Å². The molecule has 2 aromatic rings. The van der Waals surface area contributed by atoms with Gasteiger partial charge in [-0.05, 0) is 18.4 Å². The van der Waals surface area contributed by atoms with Gasteiger partial charge in [0.05, 0.1) is 7.14 Å². The Labute approximate surface area is 157 Å². The molecule has 0 aliphatic rings. The zero-order chi connectivity index (χ0) is 18.8. The third-order valence-electron chi connectivity index (χ3n) is 4.67. The lowest BCUT2D eigenvalue weighted by molar-refractivity contribution is 0.0980. The molecule has 2 nitrogen and oxygen atoms in total. The highest BCUT2D eigenvalue weighted by atomic mass is 31.2. The lowest BCUT2D eigenvalue weighted by Crippen LogP contribution is -2.19. The van der Waals surface area contributed by atoms with Crippen LogP contribution in [0.25, 0.3) is 0 Å². The summed E-state index contributed by atoms with van der Waals surface area (Å²) in [6.45, 7) is 7.55. The molecule has 3 heteroatoms. The molecule has 1 atom stereocenters. The summed E-state index contributed by atoms with van der Waals surface area (Å²) in [4.78, 5) is 12.7. The number of carbonyl (C=O) groups is 1. The highest BCUT2D eigenvalue weighted by molar-refractivity contribution is 7.65. The third-order valence-corrected chi connectivity index (χ3v) is 8.19. The van der Waals surface area contributed by atoms with Crippen LogP contribution in [0, 0.1) is 0 Å². The van der Waals surface area contributed by atoms with Crippen molar-refractivity contribution in [3.8, 4) is 0 Å². The molecule has 0 radical (unpaired) electrons. The van der Waals surface area contributed by atoms with Gasteiger partial charge in [-0.2, -0.15) is 0 Å². The first-order valence-electron chi connectivity index (χ1n) is 9.01. The van der Waals surface area contributed by atoms with Gasteiger partial charge in [-0.15, -0.1) is 13.2 Å². The summed E-state index contributed by atoms with van der Waals surface area (Å²) >= 11 is 0. The highest BCUT2D eigenvalue weighted by Crippen LogP contribution is 2.54. The first-order chi connectivity index (χ1) is 12.6. The Kier molecular flexibility index (Phi) is 7.81. The monoisotopic (exact) mass is 366 g/mol. The fourth-order valence-corrected chi connectivity index (χ4v) is 5.96. The summed E-state index contributed by atoms with van der Waals surface area (Å²) < 4.78 is 13.6. The van der Waals surface area contributed by atoms with E-state index in [1.807, 2.05) is 48.5 Å². The number of aryl methyl sites for hydroxylation is 1. The lowest BCUT2D eigenvalue weighted by Gasteiger charge is -2.26. The van der Waals surface area contributed by atoms with Crippen LogP contribution in [0.15, 0.2) is 86.0 Å². The van der Waals surface area contributed by atoms with Crippen LogP contribution in [0.1, 0.15) is 28.8 Å². The molecule has 2 aromatic carbocycles. The van der Waals surface area contributed by atoms with Gasteiger partial charge in [-0.25, -0.2) is 0 Å². The van der Waals surface area contributed by atoms with E-state index in [9.17, 15) is 9.36 Å². The van der Waals surface area contributed by atoms with Crippen molar-refractivity contribution in [2.24, 2.45) is 0 Å². The van der Waals surface area contributed by atoms with Gasteiger partial charge in [0.1, 0.15) is 0 Å². The Morgan fingerprint density at radius 2 is 1.46 bits per heavy atom. The second-order valence-corrected chi connectivity index (χ2v) is 9.93. The van der Waals surface area contributed by atoms with Gasteiger partial charge in [-0.1, -0.05) is 72.8 Å². The molecule has 0 heterocycles. The van der Waals surface area contributed by atoms with Gasteiger partial charge in [-0.3, -0.25) is 4.79 Å². The summed E-state index contributed by atoms with van der Waals surface area (Å²) in [6.07, 6.45) is 6.16. The summed E-state index contributed by atoms with van der Waals surface area (Å²) in [6, 6.07) is 19.4. The number of Topliss-reactive ketones (excluding diaryl/α,β-unsaturated/α-hetero) is 1. The molecule has 0 aromatic heterocycles.